The van der Waals surface area contributed by atoms with Crippen molar-refractivity contribution in [1.29, 1.82) is 0 Å². The van der Waals surface area contributed by atoms with Crippen LogP contribution >= 0.6 is 22.9 Å². The van der Waals surface area contributed by atoms with Crippen molar-refractivity contribution in [2.75, 3.05) is 0 Å². The third-order valence-corrected chi connectivity index (χ3v) is 5.38. The Morgan fingerprint density at radius 2 is 2.10 bits per heavy atom. The zero-order valence-corrected chi connectivity index (χ0v) is 14.8. The number of aromatic nitrogens is 1. The number of halogens is 1. The van der Waals surface area contributed by atoms with Crippen LogP contribution in [0.15, 0.2) is 23.6 Å². The van der Waals surface area contributed by atoms with Gasteiger partial charge >= 0.3 is 0 Å². The van der Waals surface area contributed by atoms with Gasteiger partial charge < -0.3 is 4.57 Å². The van der Waals surface area contributed by atoms with Crippen molar-refractivity contribution >= 4 is 28.7 Å². The Bertz CT molecular complexity index is 638. The molecule has 2 aromatic heterocycles. The first-order chi connectivity index (χ1) is 9.74. The van der Waals surface area contributed by atoms with Crippen molar-refractivity contribution in [3.8, 4) is 0 Å². The van der Waals surface area contributed by atoms with Crippen molar-refractivity contribution < 1.29 is 4.79 Å². The summed E-state index contributed by atoms with van der Waals surface area (Å²) in [5, 5.41) is 1.63. The lowest BCUT2D eigenvalue weighted by Crippen LogP contribution is -2.25. The molecule has 2 nitrogen and oxygen atoms in total. The third kappa shape index (κ3) is 3.24. The smallest absolute Gasteiger partial charge is 0.182 e. The summed E-state index contributed by atoms with van der Waals surface area (Å²) in [6.45, 7) is 11.1. The zero-order valence-electron chi connectivity index (χ0n) is 13.2. The Morgan fingerprint density at radius 3 is 2.62 bits per heavy atom. The average molecular weight is 324 g/mol. The molecule has 0 aromatic carbocycles. The molecule has 0 N–H and O–H groups in total. The Balaban J connectivity index is 2.36. The van der Waals surface area contributed by atoms with Crippen molar-refractivity contribution in [2.24, 2.45) is 0 Å². The van der Waals surface area contributed by atoms with Crippen LogP contribution in [0.4, 0.5) is 0 Å². The van der Waals surface area contributed by atoms with Crippen molar-refractivity contribution in [1.82, 2.24) is 4.57 Å². The van der Waals surface area contributed by atoms with E-state index in [2.05, 4.69) is 35.9 Å². The van der Waals surface area contributed by atoms with Gasteiger partial charge in [0, 0.05) is 33.8 Å². The van der Waals surface area contributed by atoms with E-state index in [-0.39, 0.29) is 11.2 Å². The van der Waals surface area contributed by atoms with Gasteiger partial charge in [-0.25, -0.2) is 0 Å². The van der Waals surface area contributed by atoms with E-state index in [0.717, 1.165) is 23.5 Å². The van der Waals surface area contributed by atoms with Crippen LogP contribution in [0, 0.1) is 13.8 Å². The normalized spacial score (nSPS) is 13.4. The Labute approximate surface area is 135 Å². The number of carbonyl (C=O) groups is 1. The quantitative estimate of drug-likeness (QED) is 0.563. The number of thiophene rings is 1. The monoisotopic (exact) mass is 323 g/mol. The van der Waals surface area contributed by atoms with Gasteiger partial charge in [0.15, 0.2) is 5.78 Å². The lowest BCUT2D eigenvalue weighted by atomic mass is 9.91. The summed E-state index contributed by atoms with van der Waals surface area (Å²) in [5.74, 6) is 0.00458. The average Bonchev–Trinajstić information content (AvgIpc) is 3.02. The molecule has 0 amide bonds. The van der Waals surface area contributed by atoms with Crippen LogP contribution in [0.2, 0.25) is 0 Å². The standard InChI is InChI=1S/C17H22ClNOS/c1-11-9-14(16(20)12(2)18)13(3)19(11)10-17(4,5)15-7-6-8-21-15/h6-9,12H,10H2,1-5H3. The van der Waals surface area contributed by atoms with E-state index in [9.17, 15) is 4.79 Å². The first-order valence-electron chi connectivity index (χ1n) is 7.13. The number of carbonyl (C=O) groups excluding carboxylic acids is 1. The van der Waals surface area contributed by atoms with E-state index in [0.29, 0.717) is 0 Å². The number of nitrogens with zero attached hydrogens (tertiary/aromatic N) is 1. The molecule has 21 heavy (non-hydrogen) atoms. The maximum absolute atomic E-state index is 12.2. The Kier molecular flexibility index (Phi) is 4.64. The highest BCUT2D eigenvalue weighted by atomic mass is 35.5. The minimum Gasteiger partial charge on any atom is -0.348 e. The minimum atomic E-state index is -0.482. The van der Waals surface area contributed by atoms with Crippen LogP contribution in [-0.2, 0) is 12.0 Å². The van der Waals surface area contributed by atoms with Crippen LogP contribution in [0.3, 0.4) is 0 Å². The summed E-state index contributed by atoms with van der Waals surface area (Å²) < 4.78 is 2.23. The Morgan fingerprint density at radius 1 is 1.43 bits per heavy atom. The summed E-state index contributed by atoms with van der Waals surface area (Å²) >= 11 is 7.73. The van der Waals surface area contributed by atoms with Gasteiger partial charge in [0.25, 0.3) is 0 Å². The largest absolute Gasteiger partial charge is 0.348 e. The highest BCUT2D eigenvalue weighted by Crippen LogP contribution is 2.31. The highest BCUT2D eigenvalue weighted by Gasteiger charge is 2.26. The summed E-state index contributed by atoms with van der Waals surface area (Å²) in [5.41, 5.74) is 2.90. The number of ketones is 1. The molecule has 1 unspecified atom stereocenters. The van der Waals surface area contributed by atoms with Crippen molar-refractivity contribution in [3.05, 3.63) is 45.4 Å². The number of rotatable bonds is 5. The van der Waals surface area contributed by atoms with Gasteiger partial charge in [0.1, 0.15) is 0 Å². The lowest BCUT2D eigenvalue weighted by Gasteiger charge is -2.26. The van der Waals surface area contributed by atoms with Gasteiger partial charge in [0.05, 0.1) is 5.38 Å². The molecule has 2 rings (SSSR count). The summed E-state index contributed by atoms with van der Waals surface area (Å²) in [7, 11) is 0. The molecular weight excluding hydrogens is 302 g/mol. The van der Waals surface area contributed by atoms with Gasteiger partial charge in [-0.1, -0.05) is 19.9 Å². The molecule has 0 aliphatic carbocycles. The van der Waals surface area contributed by atoms with E-state index >= 15 is 0 Å². The van der Waals surface area contributed by atoms with E-state index in [4.69, 9.17) is 11.6 Å². The molecule has 0 saturated carbocycles. The molecule has 0 spiro atoms. The third-order valence-electron chi connectivity index (χ3n) is 3.94. The molecule has 0 aliphatic heterocycles. The SMILES string of the molecule is Cc1cc(C(=O)C(C)Cl)c(C)n1CC(C)(C)c1cccs1. The molecule has 0 aliphatic rings. The number of Topliss-reactive ketones (excluding diaryl/α,β-unsaturated/α-hetero) is 1. The number of hydrogen-bond acceptors (Lipinski definition) is 2. The molecule has 0 fully saturated rings. The number of hydrogen-bond donors (Lipinski definition) is 0. The molecule has 2 heterocycles. The fourth-order valence-electron chi connectivity index (χ4n) is 2.65. The molecular formula is C17H22ClNOS. The van der Waals surface area contributed by atoms with Crippen molar-refractivity contribution in [3.63, 3.8) is 0 Å². The first kappa shape index (κ1) is 16.3. The maximum Gasteiger partial charge on any atom is 0.182 e. The van der Waals surface area contributed by atoms with Gasteiger partial charge in [-0.3, -0.25) is 4.79 Å². The maximum atomic E-state index is 12.2. The van der Waals surface area contributed by atoms with Crippen molar-refractivity contribution in [2.45, 2.75) is 52.0 Å². The summed E-state index contributed by atoms with van der Waals surface area (Å²) in [6, 6.07) is 6.22. The van der Waals surface area contributed by atoms with E-state index < -0.39 is 5.38 Å². The molecule has 0 saturated heterocycles. The van der Waals surface area contributed by atoms with Crippen LogP contribution in [0.25, 0.3) is 0 Å². The lowest BCUT2D eigenvalue weighted by molar-refractivity contribution is 0.0991. The van der Waals surface area contributed by atoms with Crippen LogP contribution < -0.4 is 0 Å². The molecule has 0 radical (unpaired) electrons. The van der Waals surface area contributed by atoms with Crippen LogP contribution in [0.1, 0.15) is 47.4 Å². The van der Waals surface area contributed by atoms with Gasteiger partial charge in [-0.05, 0) is 38.3 Å². The van der Waals surface area contributed by atoms with Gasteiger partial charge in [-0.15, -0.1) is 22.9 Å². The molecule has 2 aromatic rings. The molecule has 0 bridgehead atoms. The second-order valence-electron chi connectivity index (χ2n) is 6.21. The predicted molar refractivity (Wildman–Crippen MR) is 90.9 cm³/mol. The predicted octanol–water partition coefficient (Wildman–Crippen LogP) is 4.95. The summed E-state index contributed by atoms with van der Waals surface area (Å²) in [4.78, 5) is 13.5. The second-order valence-corrected chi connectivity index (χ2v) is 7.81. The fourth-order valence-corrected chi connectivity index (χ4v) is 3.61. The topological polar surface area (TPSA) is 22.0 Å². The zero-order chi connectivity index (χ0) is 15.8. The van der Waals surface area contributed by atoms with Crippen LogP contribution in [0.5, 0.6) is 0 Å². The fraction of sp³-hybridized carbons (Fsp3) is 0.471. The number of aryl methyl sites for hydroxylation is 1. The molecule has 1 atom stereocenters. The first-order valence-corrected chi connectivity index (χ1v) is 8.44. The molecule has 114 valence electrons. The summed E-state index contributed by atoms with van der Waals surface area (Å²) in [6.07, 6.45) is 0. The second kappa shape index (κ2) is 5.98. The van der Waals surface area contributed by atoms with Crippen LogP contribution in [-0.4, -0.2) is 15.7 Å². The number of alkyl halides is 1. The minimum absolute atomic E-state index is 0.00458. The molecule has 4 heteroatoms. The van der Waals surface area contributed by atoms with E-state index in [1.54, 1.807) is 18.3 Å². The van der Waals surface area contributed by atoms with E-state index in [1.807, 2.05) is 19.9 Å². The van der Waals surface area contributed by atoms with Gasteiger partial charge in [0.2, 0.25) is 0 Å². The highest BCUT2D eigenvalue weighted by molar-refractivity contribution is 7.10. The Hall–Kier alpha value is -1.06. The van der Waals surface area contributed by atoms with Gasteiger partial charge in [-0.2, -0.15) is 0 Å². The van der Waals surface area contributed by atoms with E-state index in [1.165, 1.54) is 4.88 Å².